The average molecular weight is 404 g/mol. The van der Waals surface area contributed by atoms with Crippen molar-refractivity contribution < 1.29 is 0 Å². The number of benzene rings is 2. The summed E-state index contributed by atoms with van der Waals surface area (Å²) in [5, 5.41) is 2.85. The maximum Gasteiger partial charge on any atom is 0.0506 e. The zero-order chi connectivity index (χ0) is 20.1. The molecule has 0 aromatic heterocycles. The fourth-order valence-corrected chi connectivity index (χ4v) is 6.89. The molecule has 2 aromatic carbocycles. The first-order valence-electron chi connectivity index (χ1n) is 10.8. The lowest BCUT2D eigenvalue weighted by atomic mass is 9.98. The molecule has 1 atom stereocenters. The van der Waals surface area contributed by atoms with Gasteiger partial charge in [-0.25, -0.2) is 0 Å². The second-order valence-electron chi connectivity index (χ2n) is 8.13. The Morgan fingerprint density at radius 1 is 0.862 bits per heavy atom. The van der Waals surface area contributed by atoms with Crippen LogP contribution in [-0.4, -0.2) is 42.6 Å². The molecule has 1 aliphatic carbocycles. The van der Waals surface area contributed by atoms with E-state index < -0.39 is 7.92 Å². The van der Waals surface area contributed by atoms with Crippen LogP contribution in [0.15, 0.2) is 60.7 Å². The van der Waals surface area contributed by atoms with Crippen LogP contribution in [0, 0.1) is 30.8 Å². The van der Waals surface area contributed by atoms with E-state index in [1.165, 1.54) is 54.5 Å². The molecule has 4 rings (SSSR count). The number of nitrogens with zero attached hydrogens (tertiary/aromatic N) is 2. The van der Waals surface area contributed by atoms with Crippen molar-refractivity contribution in [2.75, 3.05) is 26.8 Å². The summed E-state index contributed by atoms with van der Waals surface area (Å²) < 4.78 is 0. The number of hydrogen-bond acceptors (Lipinski definition) is 2. The molecule has 2 aliphatic rings. The normalized spacial score (nSPS) is 20.6. The third kappa shape index (κ3) is 5.10. The van der Waals surface area contributed by atoms with Crippen LogP contribution in [0.2, 0.25) is 0 Å². The van der Waals surface area contributed by atoms with Crippen molar-refractivity contribution in [1.82, 2.24) is 9.80 Å². The van der Waals surface area contributed by atoms with Gasteiger partial charge in [0.25, 0.3) is 0 Å². The number of likely N-dealkylation sites (tertiary alicyclic amines) is 1. The van der Waals surface area contributed by atoms with Gasteiger partial charge in [0.05, 0.1) is 6.67 Å². The number of hydrogen-bond donors (Lipinski definition) is 0. The third-order valence-corrected chi connectivity index (χ3v) is 8.60. The highest BCUT2D eigenvalue weighted by Gasteiger charge is 2.40. The summed E-state index contributed by atoms with van der Waals surface area (Å²) in [5.41, 5.74) is 1.50. The average Bonchev–Trinajstić information content (AvgIpc) is 3.25. The Labute approximate surface area is 179 Å². The van der Waals surface area contributed by atoms with Gasteiger partial charge in [-0.1, -0.05) is 67.1 Å². The van der Waals surface area contributed by atoms with Gasteiger partial charge < -0.3 is 0 Å². The van der Waals surface area contributed by atoms with Gasteiger partial charge in [0.2, 0.25) is 0 Å². The summed E-state index contributed by atoms with van der Waals surface area (Å²) >= 11 is 0. The molecular formula is C26H32N2P. The van der Waals surface area contributed by atoms with Crippen molar-refractivity contribution in [1.29, 1.82) is 0 Å². The molecule has 1 saturated heterocycles. The van der Waals surface area contributed by atoms with Crippen LogP contribution in [0.4, 0.5) is 0 Å². The summed E-state index contributed by atoms with van der Waals surface area (Å²) in [6, 6.07) is 22.5. The van der Waals surface area contributed by atoms with Crippen LogP contribution in [0.5, 0.6) is 0 Å². The van der Waals surface area contributed by atoms with E-state index in [9.17, 15) is 0 Å². The lowest BCUT2D eigenvalue weighted by Gasteiger charge is -2.39. The quantitative estimate of drug-likeness (QED) is 0.623. The van der Waals surface area contributed by atoms with E-state index in [0.29, 0.717) is 6.04 Å². The first-order chi connectivity index (χ1) is 14.2. The summed E-state index contributed by atoms with van der Waals surface area (Å²) in [4.78, 5) is 5.13. The standard InChI is InChI=1S/C26H32N2P/c1-22(27(2)21-28-19-10-5-11-20-28)25-17-12-18-26(25)29(23-13-6-3-7-14-23)24-15-8-4-9-16-24/h3-4,6-9,12-18,22H,5,10-11,19-21H2,1-2H3/t22-/m1/s1. The third-order valence-electron chi connectivity index (χ3n) is 6.08. The van der Waals surface area contributed by atoms with Crippen LogP contribution < -0.4 is 10.6 Å². The number of piperidine rings is 1. The van der Waals surface area contributed by atoms with Crippen LogP contribution >= 0.6 is 7.92 Å². The highest BCUT2D eigenvalue weighted by Crippen LogP contribution is 2.57. The molecule has 1 heterocycles. The van der Waals surface area contributed by atoms with Gasteiger partial charge in [-0.2, -0.15) is 0 Å². The van der Waals surface area contributed by atoms with Gasteiger partial charge in [-0.15, -0.1) is 0 Å². The topological polar surface area (TPSA) is 6.48 Å². The maximum atomic E-state index is 2.61. The molecule has 0 bridgehead atoms. The largest absolute Gasteiger partial charge is 0.290 e. The molecule has 3 heteroatoms. The Morgan fingerprint density at radius 3 is 2.03 bits per heavy atom. The Hall–Kier alpha value is -1.21. The van der Waals surface area contributed by atoms with Crippen LogP contribution in [-0.2, 0) is 0 Å². The van der Waals surface area contributed by atoms with Gasteiger partial charge in [0.15, 0.2) is 0 Å². The Balaban J connectivity index is 1.54. The molecule has 1 aliphatic heterocycles. The van der Waals surface area contributed by atoms with E-state index in [4.69, 9.17) is 0 Å². The highest BCUT2D eigenvalue weighted by atomic mass is 31.1. The minimum absolute atomic E-state index is 0.402. The predicted octanol–water partition coefficient (Wildman–Crippen LogP) is 4.62. The zero-order valence-corrected chi connectivity index (χ0v) is 18.6. The molecule has 151 valence electrons. The van der Waals surface area contributed by atoms with Crippen LogP contribution in [0.3, 0.4) is 0 Å². The SMILES string of the molecule is C[C@H]([C]1[CH][CH][CH][C]1P(c1ccccc1)c1ccccc1)N(C)CN1CCCCC1. The van der Waals surface area contributed by atoms with E-state index >= 15 is 0 Å². The van der Waals surface area contributed by atoms with Crippen LogP contribution in [0.1, 0.15) is 26.2 Å². The van der Waals surface area contributed by atoms with Crippen molar-refractivity contribution >= 4 is 18.5 Å². The van der Waals surface area contributed by atoms with Gasteiger partial charge in [0.1, 0.15) is 0 Å². The monoisotopic (exact) mass is 403 g/mol. The number of rotatable bonds is 7. The molecule has 29 heavy (non-hydrogen) atoms. The summed E-state index contributed by atoms with van der Waals surface area (Å²) in [5.74, 6) is 1.48. The lowest BCUT2D eigenvalue weighted by molar-refractivity contribution is 0.113. The van der Waals surface area contributed by atoms with Crippen molar-refractivity contribution in [3.8, 4) is 0 Å². The minimum atomic E-state index is -0.547. The van der Waals surface area contributed by atoms with Crippen LogP contribution in [0.25, 0.3) is 0 Å². The van der Waals surface area contributed by atoms with E-state index in [1.807, 2.05) is 0 Å². The molecular weight excluding hydrogens is 371 g/mol. The van der Waals surface area contributed by atoms with Gasteiger partial charge in [-0.3, -0.25) is 9.80 Å². The predicted molar refractivity (Wildman–Crippen MR) is 126 cm³/mol. The first-order valence-corrected chi connectivity index (χ1v) is 12.2. The Bertz CT molecular complexity index is 689. The fraction of sp³-hybridized carbons (Fsp3) is 0.346. The minimum Gasteiger partial charge on any atom is -0.290 e. The molecule has 2 aromatic rings. The maximum absolute atomic E-state index is 2.61. The highest BCUT2D eigenvalue weighted by molar-refractivity contribution is 7.76. The van der Waals surface area contributed by atoms with Gasteiger partial charge in [0, 0.05) is 17.6 Å². The molecule has 0 unspecified atom stereocenters. The van der Waals surface area contributed by atoms with Crippen molar-refractivity contribution in [2.24, 2.45) is 0 Å². The zero-order valence-electron chi connectivity index (χ0n) is 17.7. The van der Waals surface area contributed by atoms with Gasteiger partial charge in [-0.05, 0) is 77.7 Å². The molecule has 1 saturated carbocycles. The van der Waals surface area contributed by atoms with E-state index in [2.05, 4.69) is 104 Å². The fourth-order valence-electron chi connectivity index (χ4n) is 4.34. The lowest BCUT2D eigenvalue weighted by Crippen LogP contribution is -2.45. The molecule has 0 N–H and O–H groups in total. The van der Waals surface area contributed by atoms with Crippen molar-refractivity contribution in [3.05, 3.63) is 91.5 Å². The summed E-state index contributed by atoms with van der Waals surface area (Å²) in [7, 11) is 1.73. The van der Waals surface area contributed by atoms with E-state index in [0.717, 1.165) is 6.67 Å². The molecule has 0 amide bonds. The molecule has 0 spiro atoms. The summed E-state index contributed by atoms with van der Waals surface area (Å²) in [6.45, 7) is 5.91. The molecule has 2 nitrogen and oxygen atoms in total. The van der Waals surface area contributed by atoms with Gasteiger partial charge >= 0.3 is 0 Å². The Kier molecular flexibility index (Phi) is 7.40. The second kappa shape index (κ2) is 10.2. The van der Waals surface area contributed by atoms with Crippen molar-refractivity contribution in [2.45, 2.75) is 32.2 Å². The smallest absolute Gasteiger partial charge is 0.0506 e. The molecule has 5 radical (unpaired) electrons. The Morgan fingerprint density at radius 2 is 1.45 bits per heavy atom. The first kappa shape index (κ1) is 21.0. The van der Waals surface area contributed by atoms with E-state index in [1.54, 1.807) is 0 Å². The van der Waals surface area contributed by atoms with Crippen molar-refractivity contribution in [3.63, 3.8) is 0 Å². The molecule has 2 fully saturated rings. The second-order valence-corrected chi connectivity index (χ2v) is 10.3. The summed E-state index contributed by atoms with van der Waals surface area (Å²) in [6.07, 6.45) is 11.0. The van der Waals surface area contributed by atoms with E-state index in [-0.39, 0.29) is 0 Å².